The Morgan fingerprint density at radius 1 is 1.18 bits per heavy atom. The van der Waals surface area contributed by atoms with Gasteiger partial charge in [0.2, 0.25) is 6.08 Å². The number of benzene rings is 1. The molecule has 0 spiro atoms. The number of isocyanates is 1. The molecule has 0 N–H and O–H groups in total. The predicted octanol–water partition coefficient (Wildman–Crippen LogP) is 3.20. The van der Waals surface area contributed by atoms with Crippen LogP contribution < -0.4 is 0 Å². The van der Waals surface area contributed by atoms with Crippen LogP contribution in [0.1, 0.15) is 24.8 Å². The lowest BCUT2D eigenvalue weighted by Gasteiger charge is -2.26. The summed E-state index contributed by atoms with van der Waals surface area (Å²) in [6, 6.07) is 10.3. The molecule has 0 amide bonds. The van der Waals surface area contributed by atoms with Crippen molar-refractivity contribution >= 4 is 11.7 Å². The van der Waals surface area contributed by atoms with Crippen LogP contribution in [0, 0.1) is 11.8 Å². The number of fused-ring (bicyclic) bond motifs is 2. The highest BCUT2D eigenvalue weighted by atomic mass is 16.1. The van der Waals surface area contributed by atoms with Crippen LogP contribution in [0.4, 0.5) is 0 Å². The van der Waals surface area contributed by atoms with E-state index in [4.69, 9.17) is 0 Å². The number of carbonyl (C=O) groups excluding carboxylic acids is 1. The number of aliphatic imine (C=N–C) groups is 1. The third-order valence-corrected chi connectivity index (χ3v) is 3.99. The maximum atomic E-state index is 10.6. The van der Waals surface area contributed by atoms with Crippen LogP contribution in [0.3, 0.4) is 0 Å². The number of hydrogen-bond acceptors (Lipinski definition) is 2. The monoisotopic (exact) mass is 225 g/mol. The summed E-state index contributed by atoms with van der Waals surface area (Å²) in [5, 5.41) is 0. The van der Waals surface area contributed by atoms with Crippen molar-refractivity contribution in [3.8, 4) is 0 Å². The highest BCUT2D eigenvalue weighted by molar-refractivity contribution is 5.72. The summed E-state index contributed by atoms with van der Waals surface area (Å²) >= 11 is 0. The quantitative estimate of drug-likeness (QED) is 0.561. The minimum absolute atomic E-state index is 0.0358. The summed E-state index contributed by atoms with van der Waals surface area (Å²) in [4.78, 5) is 14.7. The van der Waals surface area contributed by atoms with Gasteiger partial charge in [-0.15, -0.1) is 0 Å². The lowest BCUT2D eigenvalue weighted by molar-refractivity contribution is 0.468. The van der Waals surface area contributed by atoms with Crippen LogP contribution in [-0.2, 0) is 4.79 Å². The van der Waals surface area contributed by atoms with Gasteiger partial charge in [0.25, 0.3) is 0 Å². The predicted molar refractivity (Wildman–Crippen MR) is 67.2 cm³/mol. The van der Waals surface area contributed by atoms with Crippen molar-refractivity contribution in [3.63, 3.8) is 0 Å². The largest absolute Gasteiger partial charge is 0.235 e. The van der Waals surface area contributed by atoms with Crippen LogP contribution in [0.25, 0.3) is 5.57 Å². The van der Waals surface area contributed by atoms with Crippen molar-refractivity contribution in [2.45, 2.75) is 25.3 Å². The Kier molecular flexibility index (Phi) is 2.66. The maximum Gasteiger partial charge on any atom is 0.235 e. The Morgan fingerprint density at radius 3 is 2.76 bits per heavy atom. The minimum atomic E-state index is 0.0358. The number of hydrogen-bond donors (Lipinski definition) is 0. The van der Waals surface area contributed by atoms with Gasteiger partial charge in [0, 0.05) is 0 Å². The first-order chi connectivity index (χ1) is 8.38. The van der Waals surface area contributed by atoms with Gasteiger partial charge < -0.3 is 0 Å². The molecular weight excluding hydrogens is 210 g/mol. The normalized spacial score (nSPS) is 30.6. The van der Waals surface area contributed by atoms with E-state index in [-0.39, 0.29) is 6.04 Å². The van der Waals surface area contributed by atoms with Crippen LogP contribution in [-0.4, -0.2) is 12.1 Å². The van der Waals surface area contributed by atoms with Gasteiger partial charge in [-0.1, -0.05) is 36.4 Å². The molecule has 3 rings (SSSR count). The molecule has 17 heavy (non-hydrogen) atoms. The molecule has 2 nitrogen and oxygen atoms in total. The van der Waals surface area contributed by atoms with Gasteiger partial charge in [-0.25, -0.2) is 4.79 Å². The van der Waals surface area contributed by atoms with Gasteiger partial charge >= 0.3 is 0 Å². The van der Waals surface area contributed by atoms with E-state index in [1.165, 1.54) is 30.4 Å². The van der Waals surface area contributed by atoms with Crippen molar-refractivity contribution in [1.29, 1.82) is 0 Å². The first-order valence-corrected chi connectivity index (χ1v) is 6.22. The summed E-state index contributed by atoms with van der Waals surface area (Å²) in [5.41, 5.74) is 2.43. The van der Waals surface area contributed by atoms with Gasteiger partial charge in [-0.05, 0) is 42.2 Å². The third kappa shape index (κ3) is 1.85. The molecule has 2 bridgehead atoms. The zero-order valence-electron chi connectivity index (χ0n) is 9.67. The third-order valence-electron chi connectivity index (χ3n) is 3.99. The summed E-state index contributed by atoms with van der Waals surface area (Å²) in [6.45, 7) is 0. The molecule has 1 fully saturated rings. The van der Waals surface area contributed by atoms with E-state index in [0.29, 0.717) is 11.8 Å². The Bertz CT molecular complexity index is 485. The molecule has 0 saturated heterocycles. The van der Waals surface area contributed by atoms with Crippen molar-refractivity contribution in [2.24, 2.45) is 16.8 Å². The van der Waals surface area contributed by atoms with Gasteiger partial charge in [0.15, 0.2) is 0 Å². The second-order valence-corrected chi connectivity index (χ2v) is 4.99. The van der Waals surface area contributed by atoms with Gasteiger partial charge in [0.1, 0.15) is 0 Å². The fourth-order valence-electron chi connectivity index (χ4n) is 3.23. The molecule has 1 aromatic rings. The van der Waals surface area contributed by atoms with Gasteiger partial charge in [-0.2, -0.15) is 4.99 Å². The Hall–Kier alpha value is -1.66. The Labute approximate surface area is 101 Å². The first kappa shape index (κ1) is 10.5. The summed E-state index contributed by atoms with van der Waals surface area (Å²) < 4.78 is 0. The molecule has 1 aromatic carbocycles. The minimum Gasteiger partial charge on any atom is -0.211 e. The fourth-order valence-corrected chi connectivity index (χ4v) is 3.23. The van der Waals surface area contributed by atoms with E-state index in [1.54, 1.807) is 6.08 Å². The average molecular weight is 225 g/mol. The SMILES string of the molecule is O=C=N[C@H]1C(c2ccccc2)=C[C@H]2CC[C@H]1C2. The smallest absolute Gasteiger partial charge is 0.211 e. The average Bonchev–Trinajstić information content (AvgIpc) is 2.77. The Balaban J connectivity index is 2.04. The topological polar surface area (TPSA) is 29.4 Å². The molecule has 0 heterocycles. The van der Waals surface area contributed by atoms with Crippen LogP contribution in [0.2, 0.25) is 0 Å². The van der Waals surface area contributed by atoms with Crippen LogP contribution in [0.15, 0.2) is 41.4 Å². The lowest BCUT2D eigenvalue weighted by Crippen LogP contribution is -2.21. The highest BCUT2D eigenvalue weighted by Gasteiger charge is 2.37. The molecule has 2 aliphatic rings. The molecule has 2 heteroatoms. The van der Waals surface area contributed by atoms with Crippen molar-refractivity contribution in [3.05, 3.63) is 42.0 Å². The highest BCUT2D eigenvalue weighted by Crippen LogP contribution is 2.45. The van der Waals surface area contributed by atoms with E-state index in [0.717, 1.165) is 0 Å². The zero-order chi connectivity index (χ0) is 11.7. The molecule has 0 aliphatic heterocycles. The van der Waals surface area contributed by atoms with E-state index >= 15 is 0 Å². The second-order valence-electron chi connectivity index (χ2n) is 4.99. The summed E-state index contributed by atoms with van der Waals surface area (Å²) in [5.74, 6) is 1.23. The lowest BCUT2D eigenvalue weighted by atomic mass is 9.82. The molecule has 0 aromatic heterocycles. The Morgan fingerprint density at radius 2 is 2.00 bits per heavy atom. The molecule has 0 unspecified atom stereocenters. The molecule has 0 radical (unpaired) electrons. The fraction of sp³-hybridized carbons (Fsp3) is 0.400. The maximum absolute atomic E-state index is 10.6. The molecule has 2 aliphatic carbocycles. The number of rotatable bonds is 2. The molecule has 86 valence electrons. The van der Waals surface area contributed by atoms with Crippen LogP contribution >= 0.6 is 0 Å². The standard InChI is InChI=1S/C15H15NO/c17-10-16-15-13-7-6-11(8-13)9-14(15)12-4-2-1-3-5-12/h1-5,9,11,13,15H,6-8H2/t11-,13-,15+/m0/s1. The molecule has 1 saturated carbocycles. The van der Waals surface area contributed by atoms with E-state index < -0.39 is 0 Å². The summed E-state index contributed by atoms with van der Waals surface area (Å²) in [6.07, 6.45) is 7.69. The van der Waals surface area contributed by atoms with E-state index in [9.17, 15) is 4.79 Å². The van der Waals surface area contributed by atoms with Crippen molar-refractivity contribution in [2.75, 3.05) is 0 Å². The van der Waals surface area contributed by atoms with Crippen LogP contribution in [0.5, 0.6) is 0 Å². The van der Waals surface area contributed by atoms with Crippen molar-refractivity contribution in [1.82, 2.24) is 0 Å². The van der Waals surface area contributed by atoms with Gasteiger partial charge in [0.05, 0.1) is 6.04 Å². The first-order valence-electron chi connectivity index (χ1n) is 6.22. The molecule has 3 atom stereocenters. The second kappa shape index (κ2) is 4.31. The zero-order valence-corrected chi connectivity index (χ0v) is 9.67. The number of nitrogens with zero attached hydrogens (tertiary/aromatic N) is 1. The van der Waals surface area contributed by atoms with Gasteiger partial charge in [-0.3, -0.25) is 0 Å². The van der Waals surface area contributed by atoms with Crippen molar-refractivity contribution < 1.29 is 4.79 Å². The number of allylic oxidation sites excluding steroid dienone is 1. The molecular formula is C15H15NO. The van der Waals surface area contributed by atoms with E-state index in [2.05, 4.69) is 23.2 Å². The summed E-state index contributed by atoms with van der Waals surface area (Å²) in [7, 11) is 0. The van der Waals surface area contributed by atoms with E-state index in [1.807, 2.05) is 18.2 Å².